The highest BCUT2D eigenvalue weighted by molar-refractivity contribution is 5.83. The van der Waals surface area contributed by atoms with E-state index in [4.69, 9.17) is 14.8 Å². The lowest BCUT2D eigenvalue weighted by Crippen LogP contribution is -2.38. The highest BCUT2D eigenvalue weighted by Crippen LogP contribution is 2.44. The van der Waals surface area contributed by atoms with E-state index in [0.717, 1.165) is 52.5 Å². The molecule has 0 unspecified atom stereocenters. The average molecular weight is 460 g/mol. The number of hydrogen-bond donors (Lipinski definition) is 0. The van der Waals surface area contributed by atoms with Crippen LogP contribution in [0.25, 0.3) is 10.9 Å². The molecule has 0 radical (unpaired) electrons. The molecule has 4 heteroatoms. The van der Waals surface area contributed by atoms with E-state index in [2.05, 4.69) is 116 Å². The zero-order chi connectivity index (χ0) is 23.9. The first-order valence-corrected chi connectivity index (χ1v) is 12.4. The Morgan fingerprint density at radius 1 is 0.829 bits per heavy atom. The maximum absolute atomic E-state index is 6.22. The summed E-state index contributed by atoms with van der Waals surface area (Å²) in [5.74, 6) is 0.677. The summed E-state index contributed by atoms with van der Waals surface area (Å²) in [6, 6.07) is 34.0. The second-order valence-electron chi connectivity index (χ2n) is 9.61. The summed E-state index contributed by atoms with van der Waals surface area (Å²) in [6.07, 6.45) is 4.91. The molecular weight excluding hydrogens is 430 g/mol. The standard InChI is InChI=1S/C31H29N3O/c1-3-27-26-21-29(35-30(2)19-20-30)32-22-28(26)34(33-27)31(23-13-7-4-8-14-23,24-15-9-5-10-16-24)25-17-11-6-12-18-25/h4-18,21-22H,3,19-20H2,1-2H3. The molecule has 1 fully saturated rings. The molecule has 35 heavy (non-hydrogen) atoms. The van der Waals surface area contributed by atoms with Crippen molar-refractivity contribution < 1.29 is 4.74 Å². The smallest absolute Gasteiger partial charge is 0.214 e. The average Bonchev–Trinajstić information content (AvgIpc) is 3.53. The maximum atomic E-state index is 6.22. The van der Waals surface area contributed by atoms with E-state index < -0.39 is 5.54 Å². The Morgan fingerprint density at radius 2 is 1.34 bits per heavy atom. The Morgan fingerprint density at radius 3 is 1.80 bits per heavy atom. The first-order valence-electron chi connectivity index (χ1n) is 12.4. The Balaban J connectivity index is 1.68. The summed E-state index contributed by atoms with van der Waals surface area (Å²) in [5.41, 5.74) is 4.74. The third-order valence-corrected chi connectivity index (χ3v) is 7.15. The predicted molar refractivity (Wildman–Crippen MR) is 140 cm³/mol. The zero-order valence-corrected chi connectivity index (χ0v) is 20.2. The molecule has 0 bridgehead atoms. The molecule has 1 aliphatic carbocycles. The van der Waals surface area contributed by atoms with Crippen molar-refractivity contribution in [3.05, 3.63) is 126 Å². The van der Waals surface area contributed by atoms with E-state index in [0.29, 0.717) is 5.88 Å². The van der Waals surface area contributed by atoms with Gasteiger partial charge in [-0.05, 0) is 42.9 Å². The predicted octanol–water partition coefficient (Wildman–Crippen LogP) is 6.77. The molecule has 1 saturated carbocycles. The first kappa shape index (κ1) is 21.6. The number of hydrogen-bond acceptors (Lipinski definition) is 3. The van der Waals surface area contributed by atoms with Gasteiger partial charge in [0.2, 0.25) is 5.88 Å². The van der Waals surface area contributed by atoms with Gasteiger partial charge in [0.15, 0.2) is 0 Å². The Labute approximate surface area is 206 Å². The highest BCUT2D eigenvalue weighted by Gasteiger charge is 2.42. The van der Waals surface area contributed by atoms with Gasteiger partial charge < -0.3 is 4.74 Å². The van der Waals surface area contributed by atoms with Gasteiger partial charge >= 0.3 is 0 Å². The third kappa shape index (κ3) is 3.61. The molecule has 0 N–H and O–H groups in total. The van der Waals surface area contributed by atoms with Gasteiger partial charge in [-0.1, -0.05) is 97.9 Å². The minimum absolute atomic E-state index is 0.0784. The number of aryl methyl sites for hydroxylation is 1. The van der Waals surface area contributed by atoms with Gasteiger partial charge in [-0.3, -0.25) is 0 Å². The van der Waals surface area contributed by atoms with Gasteiger partial charge in [0.1, 0.15) is 11.1 Å². The molecule has 5 aromatic rings. The van der Waals surface area contributed by atoms with E-state index in [9.17, 15) is 0 Å². The van der Waals surface area contributed by atoms with Crippen LogP contribution < -0.4 is 4.74 Å². The summed E-state index contributed by atoms with van der Waals surface area (Å²) in [7, 11) is 0. The minimum atomic E-state index is -0.665. The SMILES string of the molecule is CCc1nn(C(c2ccccc2)(c2ccccc2)c2ccccc2)c2cnc(OC3(C)CC3)cc12. The summed E-state index contributed by atoms with van der Waals surface area (Å²) < 4.78 is 8.40. The van der Waals surface area contributed by atoms with Crippen molar-refractivity contribution in [1.82, 2.24) is 14.8 Å². The fraction of sp³-hybridized carbons (Fsp3) is 0.226. The van der Waals surface area contributed by atoms with Gasteiger partial charge in [0, 0.05) is 11.5 Å². The summed E-state index contributed by atoms with van der Waals surface area (Å²) in [4.78, 5) is 4.75. The Hall–Kier alpha value is -3.92. The molecular formula is C31H29N3O. The van der Waals surface area contributed by atoms with Crippen molar-refractivity contribution in [3.63, 3.8) is 0 Å². The number of aromatic nitrogens is 3. The second kappa shape index (κ2) is 8.38. The summed E-state index contributed by atoms with van der Waals surface area (Å²) in [6.45, 7) is 4.30. The van der Waals surface area contributed by atoms with Crippen molar-refractivity contribution in [2.75, 3.05) is 0 Å². The minimum Gasteiger partial charge on any atom is -0.471 e. The van der Waals surface area contributed by atoms with Crippen LogP contribution in [0.5, 0.6) is 5.88 Å². The summed E-state index contributed by atoms with van der Waals surface area (Å²) >= 11 is 0. The highest BCUT2D eigenvalue weighted by atomic mass is 16.5. The van der Waals surface area contributed by atoms with Gasteiger partial charge in [0.25, 0.3) is 0 Å². The van der Waals surface area contributed by atoms with E-state index >= 15 is 0 Å². The number of benzene rings is 3. The molecule has 0 saturated heterocycles. The molecule has 3 aromatic carbocycles. The van der Waals surface area contributed by atoms with E-state index in [1.54, 1.807) is 0 Å². The molecule has 4 nitrogen and oxygen atoms in total. The fourth-order valence-electron chi connectivity index (χ4n) is 5.07. The number of pyridine rings is 1. The van der Waals surface area contributed by atoms with Crippen molar-refractivity contribution in [2.45, 2.75) is 44.2 Å². The van der Waals surface area contributed by atoms with Gasteiger partial charge in [-0.2, -0.15) is 5.10 Å². The van der Waals surface area contributed by atoms with Crippen molar-refractivity contribution in [1.29, 1.82) is 0 Å². The van der Waals surface area contributed by atoms with Gasteiger partial charge in [-0.25, -0.2) is 9.67 Å². The second-order valence-corrected chi connectivity index (χ2v) is 9.61. The largest absolute Gasteiger partial charge is 0.471 e. The number of nitrogens with zero attached hydrogens (tertiary/aromatic N) is 3. The number of ether oxygens (including phenoxy) is 1. The number of rotatable bonds is 7. The lowest BCUT2D eigenvalue weighted by atomic mass is 9.77. The van der Waals surface area contributed by atoms with E-state index in [-0.39, 0.29) is 5.60 Å². The van der Waals surface area contributed by atoms with Crippen LogP contribution in [0.3, 0.4) is 0 Å². The third-order valence-electron chi connectivity index (χ3n) is 7.15. The first-order chi connectivity index (χ1) is 17.1. The monoisotopic (exact) mass is 459 g/mol. The summed E-state index contributed by atoms with van der Waals surface area (Å²) in [5, 5.41) is 6.38. The zero-order valence-electron chi connectivity index (χ0n) is 20.2. The molecule has 6 rings (SSSR count). The van der Waals surface area contributed by atoms with Crippen molar-refractivity contribution in [2.24, 2.45) is 0 Å². The topological polar surface area (TPSA) is 39.9 Å². The Bertz CT molecular complexity index is 1360. The lowest BCUT2D eigenvalue weighted by Gasteiger charge is -2.37. The van der Waals surface area contributed by atoms with Crippen molar-refractivity contribution >= 4 is 10.9 Å². The molecule has 2 aromatic heterocycles. The quantitative estimate of drug-likeness (QED) is 0.252. The molecule has 2 heterocycles. The van der Waals surface area contributed by atoms with Gasteiger partial charge in [-0.15, -0.1) is 0 Å². The lowest BCUT2D eigenvalue weighted by molar-refractivity contribution is 0.192. The van der Waals surface area contributed by atoms with Crippen molar-refractivity contribution in [3.8, 4) is 5.88 Å². The van der Waals surface area contributed by atoms with Crippen LogP contribution in [-0.4, -0.2) is 20.4 Å². The van der Waals surface area contributed by atoms with E-state index in [1.165, 1.54) is 0 Å². The molecule has 0 amide bonds. The van der Waals surface area contributed by atoms with Crippen LogP contribution in [0.2, 0.25) is 0 Å². The fourth-order valence-corrected chi connectivity index (χ4v) is 5.07. The van der Waals surface area contributed by atoms with Crippen LogP contribution in [0, 0.1) is 0 Å². The molecule has 0 atom stereocenters. The Kier molecular flexibility index (Phi) is 5.18. The van der Waals surface area contributed by atoms with Gasteiger partial charge in [0.05, 0.1) is 17.4 Å². The van der Waals surface area contributed by atoms with Crippen LogP contribution in [-0.2, 0) is 12.0 Å². The van der Waals surface area contributed by atoms with Crippen LogP contribution in [0.4, 0.5) is 0 Å². The molecule has 1 aliphatic rings. The number of fused-ring (bicyclic) bond motifs is 1. The normalized spacial score (nSPS) is 14.7. The van der Waals surface area contributed by atoms with Crippen LogP contribution >= 0.6 is 0 Å². The maximum Gasteiger partial charge on any atom is 0.214 e. The van der Waals surface area contributed by atoms with Crippen LogP contribution in [0.15, 0.2) is 103 Å². The van der Waals surface area contributed by atoms with E-state index in [1.807, 2.05) is 6.20 Å². The molecule has 0 spiro atoms. The molecule has 174 valence electrons. The van der Waals surface area contributed by atoms with Crippen LogP contribution in [0.1, 0.15) is 49.1 Å². The molecule has 0 aliphatic heterocycles.